The van der Waals surface area contributed by atoms with Gasteiger partial charge in [0.1, 0.15) is 0 Å². The standard InChI is InChI=1S/C9H18N2.2ClH/c1-11(2)8-5-9(6-8)3-7(10)4-9;;/h7-8H,3-6,10H2,1-2H3;2*1H. The van der Waals surface area contributed by atoms with Gasteiger partial charge in [-0.3, -0.25) is 0 Å². The Hall–Kier alpha value is 0.500. The SMILES string of the molecule is CN(C)C1CC2(CC(N)C2)C1.Cl.Cl. The molecule has 2 nitrogen and oxygen atoms in total. The summed E-state index contributed by atoms with van der Waals surface area (Å²) in [6, 6.07) is 1.38. The van der Waals surface area contributed by atoms with Crippen LogP contribution in [0.5, 0.6) is 0 Å². The second-order valence-corrected chi connectivity index (χ2v) is 4.69. The van der Waals surface area contributed by atoms with Crippen molar-refractivity contribution in [2.75, 3.05) is 14.1 Å². The van der Waals surface area contributed by atoms with Crippen LogP contribution in [0.1, 0.15) is 25.7 Å². The number of hydrogen-bond acceptors (Lipinski definition) is 2. The molecule has 4 heteroatoms. The Morgan fingerprint density at radius 3 is 1.85 bits per heavy atom. The molecule has 0 unspecified atom stereocenters. The number of rotatable bonds is 1. The molecular formula is C9H20Cl2N2. The highest BCUT2D eigenvalue weighted by Gasteiger charge is 2.52. The van der Waals surface area contributed by atoms with Crippen molar-refractivity contribution >= 4 is 24.8 Å². The first-order valence-electron chi connectivity index (χ1n) is 4.53. The van der Waals surface area contributed by atoms with Crippen LogP contribution in [0.25, 0.3) is 0 Å². The Kier molecular flexibility index (Phi) is 4.51. The quantitative estimate of drug-likeness (QED) is 0.738. The summed E-state index contributed by atoms with van der Waals surface area (Å²) in [7, 11) is 4.35. The van der Waals surface area contributed by atoms with Crippen LogP contribution >= 0.6 is 24.8 Å². The largest absolute Gasteiger partial charge is 0.328 e. The molecule has 80 valence electrons. The van der Waals surface area contributed by atoms with Crippen molar-refractivity contribution in [3.63, 3.8) is 0 Å². The summed E-state index contributed by atoms with van der Waals surface area (Å²) in [5, 5.41) is 0. The molecule has 0 aliphatic heterocycles. The van der Waals surface area contributed by atoms with Crippen molar-refractivity contribution in [3.8, 4) is 0 Å². The zero-order valence-electron chi connectivity index (χ0n) is 8.32. The normalized spacial score (nSPS) is 41.5. The van der Waals surface area contributed by atoms with Crippen molar-refractivity contribution in [1.29, 1.82) is 0 Å². The van der Waals surface area contributed by atoms with Gasteiger partial charge in [0.15, 0.2) is 0 Å². The van der Waals surface area contributed by atoms with Crippen molar-refractivity contribution in [2.24, 2.45) is 11.1 Å². The molecule has 0 aromatic carbocycles. The second-order valence-electron chi connectivity index (χ2n) is 4.69. The lowest BCUT2D eigenvalue weighted by atomic mass is 9.52. The highest BCUT2D eigenvalue weighted by atomic mass is 35.5. The lowest BCUT2D eigenvalue weighted by Gasteiger charge is -2.58. The summed E-state index contributed by atoms with van der Waals surface area (Å²) in [6.45, 7) is 0. The van der Waals surface area contributed by atoms with E-state index in [-0.39, 0.29) is 24.8 Å². The number of nitrogens with zero attached hydrogens (tertiary/aromatic N) is 1. The van der Waals surface area contributed by atoms with E-state index in [1.165, 1.54) is 25.7 Å². The van der Waals surface area contributed by atoms with Crippen LogP contribution in [0.2, 0.25) is 0 Å². The minimum atomic E-state index is 0. The van der Waals surface area contributed by atoms with Gasteiger partial charge in [-0.25, -0.2) is 0 Å². The first-order chi connectivity index (χ1) is 5.11. The molecule has 0 radical (unpaired) electrons. The Bertz CT molecular complexity index is 159. The predicted molar refractivity (Wildman–Crippen MR) is 60.8 cm³/mol. The van der Waals surface area contributed by atoms with Crippen molar-refractivity contribution in [1.82, 2.24) is 4.90 Å². The van der Waals surface area contributed by atoms with Gasteiger partial charge in [-0.15, -0.1) is 24.8 Å². The van der Waals surface area contributed by atoms with Crippen LogP contribution in [0.15, 0.2) is 0 Å². The molecule has 0 bridgehead atoms. The molecule has 0 saturated heterocycles. The molecule has 2 N–H and O–H groups in total. The van der Waals surface area contributed by atoms with Crippen LogP contribution in [0.4, 0.5) is 0 Å². The predicted octanol–water partition coefficient (Wildman–Crippen LogP) is 1.66. The van der Waals surface area contributed by atoms with Crippen LogP contribution in [-0.4, -0.2) is 31.1 Å². The van der Waals surface area contributed by atoms with Gasteiger partial charge in [-0.2, -0.15) is 0 Å². The fourth-order valence-corrected chi connectivity index (χ4v) is 2.69. The third-order valence-corrected chi connectivity index (χ3v) is 3.46. The summed E-state index contributed by atoms with van der Waals surface area (Å²) < 4.78 is 0. The molecule has 2 aliphatic rings. The highest BCUT2D eigenvalue weighted by Crippen LogP contribution is 2.56. The third kappa shape index (κ3) is 2.30. The summed E-state index contributed by atoms with van der Waals surface area (Å²) >= 11 is 0. The Morgan fingerprint density at radius 1 is 1.08 bits per heavy atom. The zero-order chi connectivity index (χ0) is 8.06. The average molecular weight is 227 g/mol. The maximum Gasteiger partial charge on any atom is 0.00998 e. The first kappa shape index (κ1) is 13.5. The minimum Gasteiger partial charge on any atom is -0.328 e. The van der Waals surface area contributed by atoms with Crippen LogP contribution in [0.3, 0.4) is 0 Å². The van der Waals surface area contributed by atoms with Gasteiger partial charge < -0.3 is 10.6 Å². The zero-order valence-corrected chi connectivity index (χ0v) is 9.96. The van der Waals surface area contributed by atoms with Crippen molar-refractivity contribution < 1.29 is 0 Å². The maximum absolute atomic E-state index is 5.77. The number of nitrogens with two attached hydrogens (primary N) is 1. The molecule has 0 aromatic heterocycles. The van der Waals surface area contributed by atoms with Gasteiger partial charge in [-0.05, 0) is 45.2 Å². The first-order valence-corrected chi connectivity index (χ1v) is 4.53. The molecule has 0 atom stereocenters. The molecule has 2 aliphatic carbocycles. The van der Waals surface area contributed by atoms with Crippen LogP contribution in [0, 0.1) is 5.41 Å². The van der Waals surface area contributed by atoms with E-state index < -0.39 is 0 Å². The fourth-order valence-electron chi connectivity index (χ4n) is 2.69. The monoisotopic (exact) mass is 226 g/mol. The van der Waals surface area contributed by atoms with Gasteiger partial charge >= 0.3 is 0 Å². The van der Waals surface area contributed by atoms with Crippen LogP contribution < -0.4 is 5.73 Å². The van der Waals surface area contributed by atoms with Gasteiger partial charge in [0, 0.05) is 12.1 Å². The van der Waals surface area contributed by atoms with E-state index in [1.807, 2.05) is 0 Å². The number of halogens is 2. The smallest absolute Gasteiger partial charge is 0.00998 e. The summed E-state index contributed by atoms with van der Waals surface area (Å²) in [5.74, 6) is 0. The molecule has 2 fully saturated rings. The van der Waals surface area contributed by atoms with Gasteiger partial charge in [0.25, 0.3) is 0 Å². The molecular weight excluding hydrogens is 207 g/mol. The lowest BCUT2D eigenvalue weighted by molar-refractivity contribution is -0.0513. The molecule has 0 aromatic rings. The number of hydrogen-bond donors (Lipinski definition) is 1. The Morgan fingerprint density at radius 2 is 1.54 bits per heavy atom. The maximum atomic E-state index is 5.77. The van der Waals surface area contributed by atoms with Gasteiger partial charge in [0.2, 0.25) is 0 Å². The van der Waals surface area contributed by atoms with E-state index in [2.05, 4.69) is 19.0 Å². The van der Waals surface area contributed by atoms with E-state index in [0.29, 0.717) is 11.5 Å². The van der Waals surface area contributed by atoms with Crippen molar-refractivity contribution in [3.05, 3.63) is 0 Å². The Labute approximate surface area is 93.1 Å². The third-order valence-electron chi connectivity index (χ3n) is 3.46. The molecule has 13 heavy (non-hydrogen) atoms. The van der Waals surface area contributed by atoms with Gasteiger partial charge in [-0.1, -0.05) is 0 Å². The molecule has 1 spiro atoms. The van der Waals surface area contributed by atoms with Gasteiger partial charge in [0.05, 0.1) is 0 Å². The van der Waals surface area contributed by atoms with E-state index in [1.54, 1.807) is 0 Å². The summed E-state index contributed by atoms with van der Waals surface area (Å²) in [5.41, 5.74) is 6.47. The van der Waals surface area contributed by atoms with E-state index >= 15 is 0 Å². The van der Waals surface area contributed by atoms with Crippen molar-refractivity contribution in [2.45, 2.75) is 37.8 Å². The van der Waals surface area contributed by atoms with E-state index in [0.717, 1.165) is 6.04 Å². The topological polar surface area (TPSA) is 29.3 Å². The Balaban J connectivity index is 0.000000720. The summed E-state index contributed by atoms with van der Waals surface area (Å²) in [4.78, 5) is 2.34. The van der Waals surface area contributed by atoms with E-state index in [4.69, 9.17) is 5.73 Å². The fraction of sp³-hybridized carbons (Fsp3) is 1.00. The molecule has 2 saturated carbocycles. The minimum absolute atomic E-state index is 0. The summed E-state index contributed by atoms with van der Waals surface area (Å²) in [6.07, 6.45) is 5.37. The molecule has 0 heterocycles. The molecule has 0 amide bonds. The highest BCUT2D eigenvalue weighted by molar-refractivity contribution is 5.85. The van der Waals surface area contributed by atoms with E-state index in [9.17, 15) is 0 Å². The second kappa shape index (κ2) is 4.35. The molecule has 2 rings (SSSR count). The lowest BCUT2D eigenvalue weighted by Crippen LogP contribution is -2.58. The van der Waals surface area contributed by atoms with Crippen LogP contribution in [-0.2, 0) is 0 Å². The average Bonchev–Trinajstić information content (AvgIpc) is 1.73.